The first kappa shape index (κ1) is 20.9. The Morgan fingerprint density at radius 2 is 1.32 bits per heavy atom. The van der Waals surface area contributed by atoms with Crippen LogP contribution in [-0.2, 0) is 19.1 Å². The van der Waals surface area contributed by atoms with E-state index in [-0.39, 0.29) is 41.8 Å². The third-order valence-corrected chi connectivity index (χ3v) is 4.00. The van der Waals surface area contributed by atoms with Crippen LogP contribution in [0.3, 0.4) is 0 Å². The summed E-state index contributed by atoms with van der Waals surface area (Å²) in [7, 11) is 0. The van der Waals surface area contributed by atoms with Gasteiger partial charge >= 0.3 is 11.9 Å². The lowest BCUT2D eigenvalue weighted by Gasteiger charge is -2.28. The van der Waals surface area contributed by atoms with Gasteiger partial charge in [-0.15, -0.1) is 0 Å². The second-order valence-electron chi connectivity index (χ2n) is 8.09. The van der Waals surface area contributed by atoms with Crippen LogP contribution >= 0.6 is 0 Å². The fourth-order valence-electron chi connectivity index (χ4n) is 1.26. The normalized spacial score (nSPS) is 16.6. The Bertz CT molecular complexity index is 379. The second kappa shape index (κ2) is 7.95. The van der Waals surface area contributed by atoms with Crippen LogP contribution in [0, 0.1) is 10.8 Å². The van der Waals surface area contributed by atoms with Gasteiger partial charge in [0.15, 0.2) is 0 Å². The average molecular weight is 315 g/mol. The van der Waals surface area contributed by atoms with Gasteiger partial charge in [-0.3, -0.25) is 9.59 Å². The van der Waals surface area contributed by atoms with Gasteiger partial charge in [0.25, 0.3) is 0 Å². The molecule has 0 saturated heterocycles. The van der Waals surface area contributed by atoms with Crippen molar-refractivity contribution in [2.45, 2.75) is 86.5 Å². The van der Waals surface area contributed by atoms with Crippen molar-refractivity contribution in [1.29, 1.82) is 0 Å². The monoisotopic (exact) mass is 315 g/mol. The van der Waals surface area contributed by atoms with Gasteiger partial charge in [-0.1, -0.05) is 41.5 Å². The van der Waals surface area contributed by atoms with Crippen molar-refractivity contribution in [3.8, 4) is 0 Å². The van der Waals surface area contributed by atoms with Crippen LogP contribution < -0.4 is 5.73 Å². The van der Waals surface area contributed by atoms with E-state index < -0.39 is 12.0 Å². The first-order valence-electron chi connectivity index (χ1n) is 7.90. The first-order valence-corrected chi connectivity index (χ1v) is 7.90. The summed E-state index contributed by atoms with van der Waals surface area (Å²) >= 11 is 0. The summed E-state index contributed by atoms with van der Waals surface area (Å²) < 4.78 is 10.7. The fourth-order valence-corrected chi connectivity index (χ4v) is 1.26. The average Bonchev–Trinajstić information content (AvgIpc) is 2.33. The number of carbonyl (C=O) groups is 2. The molecule has 3 atom stereocenters. The smallest absolute Gasteiger partial charge is 0.323 e. The van der Waals surface area contributed by atoms with Crippen molar-refractivity contribution in [2.75, 3.05) is 0 Å². The number of hydrogen-bond donors (Lipinski definition) is 1. The zero-order valence-electron chi connectivity index (χ0n) is 15.4. The molecule has 0 aliphatic heterocycles. The Balaban J connectivity index is 4.25. The van der Waals surface area contributed by atoms with Gasteiger partial charge in [0.05, 0.1) is 0 Å². The molecule has 2 N–H and O–H groups in total. The number of hydrogen-bond acceptors (Lipinski definition) is 5. The fraction of sp³-hybridized carbons (Fsp3) is 0.882. The molecule has 0 fully saturated rings. The Kier molecular flexibility index (Phi) is 7.55. The summed E-state index contributed by atoms with van der Waals surface area (Å²) in [6.07, 6.45) is -0.0885. The van der Waals surface area contributed by atoms with Crippen LogP contribution in [-0.4, -0.2) is 30.2 Å². The minimum Gasteiger partial charge on any atom is -0.462 e. The Hall–Kier alpha value is -1.10. The quantitative estimate of drug-likeness (QED) is 0.762. The summed E-state index contributed by atoms with van der Waals surface area (Å²) in [6.45, 7) is 15.7. The van der Waals surface area contributed by atoms with Crippen molar-refractivity contribution in [3.05, 3.63) is 0 Å². The molecule has 130 valence electrons. The molecule has 0 bridgehead atoms. The van der Waals surface area contributed by atoms with Gasteiger partial charge in [-0.05, 0) is 31.1 Å². The highest BCUT2D eigenvalue weighted by molar-refractivity contribution is 5.77. The standard InChI is InChI=1S/C17H33NO4/c1-11(16(3,4)5)21-14(19)10-9-13(18)15(20)22-12(2)17(6,7)8/h11-13H,9-10,18H2,1-8H3/t11-,12+,13-/m1/s1. The molecule has 0 spiro atoms. The molecule has 0 heterocycles. The van der Waals surface area contributed by atoms with Gasteiger partial charge < -0.3 is 15.2 Å². The SMILES string of the molecule is C[C@H](OC(=O)[C@H](N)CCC(=O)O[C@H](C)C(C)(C)C)C(C)(C)C. The summed E-state index contributed by atoms with van der Waals surface area (Å²) in [5, 5.41) is 0. The third kappa shape index (κ3) is 7.78. The molecular weight excluding hydrogens is 282 g/mol. The molecule has 0 aromatic rings. The van der Waals surface area contributed by atoms with Gasteiger partial charge in [0.2, 0.25) is 0 Å². The molecule has 0 aromatic heterocycles. The van der Waals surface area contributed by atoms with Gasteiger partial charge in [0, 0.05) is 6.42 Å². The van der Waals surface area contributed by atoms with Crippen LogP contribution in [0.15, 0.2) is 0 Å². The third-order valence-electron chi connectivity index (χ3n) is 4.00. The summed E-state index contributed by atoms with van der Waals surface area (Å²) in [6, 6.07) is -0.803. The highest BCUT2D eigenvalue weighted by Crippen LogP contribution is 2.23. The zero-order valence-corrected chi connectivity index (χ0v) is 15.4. The molecule has 0 radical (unpaired) electrons. The van der Waals surface area contributed by atoms with Crippen molar-refractivity contribution in [2.24, 2.45) is 16.6 Å². The number of carbonyl (C=O) groups excluding carboxylic acids is 2. The molecule has 5 nitrogen and oxygen atoms in total. The number of rotatable bonds is 6. The van der Waals surface area contributed by atoms with E-state index in [4.69, 9.17) is 15.2 Å². The Labute approximate surface area is 134 Å². The van der Waals surface area contributed by atoms with Gasteiger partial charge in [0.1, 0.15) is 18.2 Å². The van der Waals surface area contributed by atoms with Gasteiger partial charge in [-0.2, -0.15) is 0 Å². The largest absolute Gasteiger partial charge is 0.462 e. The lowest BCUT2D eigenvalue weighted by molar-refractivity contribution is -0.156. The maximum absolute atomic E-state index is 11.9. The maximum Gasteiger partial charge on any atom is 0.323 e. The van der Waals surface area contributed by atoms with Crippen LogP contribution in [0.5, 0.6) is 0 Å². The van der Waals surface area contributed by atoms with Gasteiger partial charge in [-0.25, -0.2) is 0 Å². The van der Waals surface area contributed by atoms with E-state index >= 15 is 0 Å². The lowest BCUT2D eigenvalue weighted by Crippen LogP contribution is -2.38. The minimum absolute atomic E-state index is 0.112. The molecule has 0 aliphatic carbocycles. The van der Waals surface area contributed by atoms with E-state index in [0.29, 0.717) is 0 Å². The molecule has 0 amide bonds. The van der Waals surface area contributed by atoms with Crippen LogP contribution in [0.1, 0.15) is 68.2 Å². The summed E-state index contributed by atoms with van der Waals surface area (Å²) in [4.78, 5) is 23.7. The molecule has 5 heteroatoms. The highest BCUT2D eigenvalue weighted by atomic mass is 16.5. The highest BCUT2D eigenvalue weighted by Gasteiger charge is 2.27. The zero-order chi connectivity index (χ0) is 17.7. The molecule has 0 aliphatic rings. The predicted molar refractivity (Wildman–Crippen MR) is 87.2 cm³/mol. The molecule has 0 unspecified atom stereocenters. The summed E-state index contributed by atoms with van der Waals surface area (Å²) in [5.41, 5.74) is 5.54. The van der Waals surface area contributed by atoms with Crippen molar-refractivity contribution in [3.63, 3.8) is 0 Å². The van der Waals surface area contributed by atoms with Crippen LogP contribution in [0.2, 0.25) is 0 Å². The van der Waals surface area contributed by atoms with E-state index in [1.165, 1.54) is 0 Å². The lowest BCUT2D eigenvalue weighted by atomic mass is 9.90. The van der Waals surface area contributed by atoms with Crippen molar-refractivity contribution < 1.29 is 19.1 Å². The molecule has 0 rings (SSSR count). The minimum atomic E-state index is -0.803. The molecule has 0 aromatic carbocycles. The predicted octanol–water partition coefficient (Wildman–Crippen LogP) is 3.05. The Morgan fingerprint density at radius 1 is 0.909 bits per heavy atom. The number of esters is 2. The van der Waals surface area contributed by atoms with E-state index in [0.717, 1.165) is 0 Å². The first-order chi connectivity index (χ1) is 9.75. The topological polar surface area (TPSA) is 78.6 Å². The van der Waals surface area contributed by atoms with Crippen molar-refractivity contribution in [1.82, 2.24) is 0 Å². The Morgan fingerprint density at radius 3 is 1.73 bits per heavy atom. The molecule has 0 saturated carbocycles. The number of nitrogens with two attached hydrogens (primary N) is 1. The van der Waals surface area contributed by atoms with Crippen LogP contribution in [0.25, 0.3) is 0 Å². The van der Waals surface area contributed by atoms with Crippen LogP contribution in [0.4, 0.5) is 0 Å². The van der Waals surface area contributed by atoms with E-state index in [9.17, 15) is 9.59 Å². The van der Waals surface area contributed by atoms with E-state index in [1.54, 1.807) is 0 Å². The molecular formula is C17H33NO4. The molecule has 22 heavy (non-hydrogen) atoms. The van der Waals surface area contributed by atoms with Crippen molar-refractivity contribution >= 4 is 11.9 Å². The van der Waals surface area contributed by atoms with E-state index in [1.807, 2.05) is 55.4 Å². The summed E-state index contributed by atoms with van der Waals surface area (Å²) in [5.74, 6) is -0.811. The van der Waals surface area contributed by atoms with E-state index in [2.05, 4.69) is 0 Å². The number of ether oxygens (including phenoxy) is 2. The maximum atomic E-state index is 11.9. The second-order valence-corrected chi connectivity index (χ2v) is 8.09.